The van der Waals surface area contributed by atoms with Crippen LogP contribution in [0.5, 0.6) is 11.5 Å². The third-order valence-electron chi connectivity index (χ3n) is 2.93. The molecule has 0 atom stereocenters. The van der Waals surface area contributed by atoms with Crippen LogP contribution in [-0.4, -0.2) is 31.7 Å². The molecule has 1 fully saturated rings. The molecule has 0 unspecified atom stereocenters. The van der Waals surface area contributed by atoms with Crippen LogP contribution < -0.4 is 9.47 Å². The minimum absolute atomic E-state index is 0.158. The Kier molecular flexibility index (Phi) is 3.88. The van der Waals surface area contributed by atoms with E-state index in [1.54, 1.807) is 0 Å². The Hall–Kier alpha value is -2.57. The zero-order valence-electron chi connectivity index (χ0n) is 11.0. The third kappa shape index (κ3) is 2.56. The SMILES string of the molecule is COc1cc(/C=C2\CCOC2=O)c([N+](=O)[O-])cc1OC. The van der Waals surface area contributed by atoms with E-state index in [1.807, 2.05) is 0 Å². The second-order valence-corrected chi connectivity index (χ2v) is 4.08. The van der Waals surface area contributed by atoms with Gasteiger partial charge in [-0.25, -0.2) is 4.79 Å². The summed E-state index contributed by atoms with van der Waals surface area (Å²) < 4.78 is 14.9. The fourth-order valence-electron chi connectivity index (χ4n) is 1.92. The van der Waals surface area contributed by atoms with Crippen molar-refractivity contribution in [2.75, 3.05) is 20.8 Å². The molecule has 0 bridgehead atoms. The summed E-state index contributed by atoms with van der Waals surface area (Å²) in [4.78, 5) is 22.0. The molecule has 20 heavy (non-hydrogen) atoms. The predicted molar refractivity (Wildman–Crippen MR) is 69.8 cm³/mol. The van der Waals surface area contributed by atoms with E-state index in [-0.39, 0.29) is 17.0 Å². The van der Waals surface area contributed by atoms with Crippen LogP contribution in [0.15, 0.2) is 17.7 Å². The van der Waals surface area contributed by atoms with Gasteiger partial charge in [-0.1, -0.05) is 0 Å². The van der Waals surface area contributed by atoms with Crippen LogP contribution in [0.4, 0.5) is 5.69 Å². The van der Waals surface area contributed by atoms with Crippen LogP contribution in [-0.2, 0) is 9.53 Å². The van der Waals surface area contributed by atoms with Gasteiger partial charge in [0, 0.05) is 12.0 Å². The number of esters is 1. The number of nitro benzene ring substituents is 1. The fourth-order valence-corrected chi connectivity index (χ4v) is 1.92. The number of hydrogen-bond donors (Lipinski definition) is 0. The summed E-state index contributed by atoms with van der Waals surface area (Å²) >= 11 is 0. The second kappa shape index (κ2) is 5.60. The lowest BCUT2D eigenvalue weighted by atomic mass is 10.1. The molecule has 1 aliphatic heterocycles. The van der Waals surface area contributed by atoms with Crippen LogP contribution in [0.2, 0.25) is 0 Å². The highest BCUT2D eigenvalue weighted by Crippen LogP contribution is 2.36. The average Bonchev–Trinajstić information content (AvgIpc) is 2.83. The van der Waals surface area contributed by atoms with Gasteiger partial charge in [0.2, 0.25) is 0 Å². The van der Waals surface area contributed by atoms with Crippen molar-refractivity contribution in [3.63, 3.8) is 0 Å². The highest BCUT2D eigenvalue weighted by Gasteiger charge is 2.23. The average molecular weight is 279 g/mol. The molecule has 0 saturated carbocycles. The summed E-state index contributed by atoms with van der Waals surface area (Å²) in [7, 11) is 2.83. The molecule has 0 amide bonds. The van der Waals surface area contributed by atoms with E-state index in [0.29, 0.717) is 24.4 Å². The van der Waals surface area contributed by atoms with Crippen molar-refractivity contribution in [1.29, 1.82) is 0 Å². The number of cyclic esters (lactones) is 1. The Labute approximate surface area is 114 Å². The minimum Gasteiger partial charge on any atom is -0.493 e. The van der Waals surface area contributed by atoms with Crippen LogP contribution in [0, 0.1) is 10.1 Å². The van der Waals surface area contributed by atoms with Crippen molar-refractivity contribution in [3.05, 3.63) is 33.4 Å². The Bertz CT molecular complexity index is 593. The molecule has 1 saturated heterocycles. The number of rotatable bonds is 4. The smallest absolute Gasteiger partial charge is 0.334 e. The number of ether oxygens (including phenoxy) is 3. The van der Waals surface area contributed by atoms with Crippen LogP contribution in [0.3, 0.4) is 0 Å². The topological polar surface area (TPSA) is 87.9 Å². The number of methoxy groups -OCH3 is 2. The monoisotopic (exact) mass is 279 g/mol. The van der Waals surface area contributed by atoms with Gasteiger partial charge in [-0.2, -0.15) is 0 Å². The van der Waals surface area contributed by atoms with Gasteiger partial charge in [0.15, 0.2) is 11.5 Å². The molecule has 1 aromatic rings. The third-order valence-corrected chi connectivity index (χ3v) is 2.93. The van der Waals surface area contributed by atoms with E-state index in [1.165, 1.54) is 32.4 Å². The van der Waals surface area contributed by atoms with Crippen molar-refractivity contribution < 1.29 is 23.9 Å². The summed E-state index contributed by atoms with van der Waals surface area (Å²) in [5, 5.41) is 11.1. The Morgan fingerprint density at radius 1 is 1.30 bits per heavy atom. The van der Waals surface area contributed by atoms with Crippen molar-refractivity contribution in [2.45, 2.75) is 6.42 Å². The van der Waals surface area contributed by atoms with Gasteiger partial charge in [-0.15, -0.1) is 0 Å². The van der Waals surface area contributed by atoms with E-state index in [9.17, 15) is 14.9 Å². The van der Waals surface area contributed by atoms with Crippen LogP contribution >= 0.6 is 0 Å². The Morgan fingerprint density at radius 2 is 1.95 bits per heavy atom. The number of nitro groups is 1. The standard InChI is InChI=1S/C13H13NO6/c1-18-11-6-9(5-8-3-4-20-13(8)15)10(14(16)17)7-12(11)19-2/h5-7H,3-4H2,1-2H3/b8-5+. The molecule has 0 aromatic heterocycles. The number of nitrogens with zero attached hydrogens (tertiary/aromatic N) is 1. The Balaban J connectivity index is 2.55. The fraction of sp³-hybridized carbons (Fsp3) is 0.308. The van der Waals surface area contributed by atoms with E-state index in [0.717, 1.165) is 0 Å². The molecule has 0 radical (unpaired) electrons. The summed E-state index contributed by atoms with van der Waals surface area (Å²) in [6.07, 6.45) is 1.89. The number of hydrogen-bond acceptors (Lipinski definition) is 6. The molecule has 1 heterocycles. The molecular weight excluding hydrogens is 266 g/mol. The Morgan fingerprint density at radius 3 is 2.45 bits per heavy atom. The van der Waals surface area contributed by atoms with Gasteiger partial charge in [0.1, 0.15) is 0 Å². The number of carbonyl (C=O) groups is 1. The summed E-state index contributed by atoms with van der Waals surface area (Å²) in [5.74, 6) is 0.167. The summed E-state index contributed by atoms with van der Waals surface area (Å²) in [6.45, 7) is 0.297. The molecular formula is C13H13NO6. The van der Waals surface area contributed by atoms with Gasteiger partial charge in [-0.3, -0.25) is 10.1 Å². The highest BCUT2D eigenvalue weighted by molar-refractivity contribution is 5.96. The van der Waals surface area contributed by atoms with Crippen LogP contribution in [0.1, 0.15) is 12.0 Å². The van der Waals surface area contributed by atoms with Crippen molar-refractivity contribution >= 4 is 17.7 Å². The molecule has 2 rings (SSSR count). The molecule has 0 aliphatic carbocycles. The molecule has 1 aromatic carbocycles. The van der Waals surface area contributed by atoms with Crippen molar-refractivity contribution in [3.8, 4) is 11.5 Å². The van der Waals surface area contributed by atoms with Crippen molar-refractivity contribution in [2.24, 2.45) is 0 Å². The van der Waals surface area contributed by atoms with E-state index >= 15 is 0 Å². The van der Waals surface area contributed by atoms with Gasteiger partial charge in [0.25, 0.3) is 5.69 Å². The maximum Gasteiger partial charge on any atom is 0.334 e. The molecule has 1 aliphatic rings. The zero-order valence-corrected chi connectivity index (χ0v) is 11.0. The first-order valence-electron chi connectivity index (χ1n) is 5.85. The van der Waals surface area contributed by atoms with E-state index < -0.39 is 10.9 Å². The van der Waals surface area contributed by atoms with Gasteiger partial charge < -0.3 is 14.2 Å². The lowest BCUT2D eigenvalue weighted by Crippen LogP contribution is -1.99. The lowest BCUT2D eigenvalue weighted by molar-refractivity contribution is -0.385. The molecule has 7 nitrogen and oxygen atoms in total. The lowest BCUT2D eigenvalue weighted by Gasteiger charge is -2.09. The largest absolute Gasteiger partial charge is 0.493 e. The number of carbonyl (C=O) groups excluding carboxylic acids is 1. The van der Waals surface area contributed by atoms with E-state index in [2.05, 4.69) is 0 Å². The van der Waals surface area contributed by atoms with Gasteiger partial charge >= 0.3 is 5.97 Å². The number of benzene rings is 1. The molecule has 0 N–H and O–H groups in total. The normalized spacial score (nSPS) is 16.1. The van der Waals surface area contributed by atoms with E-state index in [4.69, 9.17) is 14.2 Å². The predicted octanol–water partition coefficient (Wildman–Crippen LogP) is 1.94. The zero-order chi connectivity index (χ0) is 14.7. The van der Waals surface area contributed by atoms with Crippen LogP contribution in [0.25, 0.3) is 6.08 Å². The second-order valence-electron chi connectivity index (χ2n) is 4.08. The maximum absolute atomic E-state index is 11.4. The summed E-state index contributed by atoms with van der Waals surface area (Å²) in [6, 6.07) is 2.74. The quantitative estimate of drug-likeness (QED) is 0.362. The first kappa shape index (κ1) is 13.9. The van der Waals surface area contributed by atoms with Gasteiger partial charge in [0.05, 0.1) is 37.4 Å². The molecule has 0 spiro atoms. The van der Waals surface area contributed by atoms with Crippen molar-refractivity contribution in [1.82, 2.24) is 0 Å². The van der Waals surface area contributed by atoms with Gasteiger partial charge in [-0.05, 0) is 12.1 Å². The first-order valence-corrected chi connectivity index (χ1v) is 5.85. The first-order chi connectivity index (χ1) is 9.56. The highest BCUT2D eigenvalue weighted by atomic mass is 16.6. The molecule has 106 valence electrons. The molecule has 7 heteroatoms. The maximum atomic E-state index is 11.4. The summed E-state index contributed by atoms with van der Waals surface area (Å²) in [5.41, 5.74) is 0.525. The minimum atomic E-state index is -0.533.